The van der Waals surface area contributed by atoms with Crippen molar-refractivity contribution in [2.75, 3.05) is 13.6 Å². The molecule has 0 bridgehead atoms. The van der Waals surface area contributed by atoms with Gasteiger partial charge in [-0.1, -0.05) is 5.92 Å². The maximum absolute atomic E-state index is 12.0. The van der Waals surface area contributed by atoms with E-state index in [1.807, 2.05) is 0 Å². The number of aliphatic hydroxyl groups is 1. The van der Waals surface area contributed by atoms with Crippen LogP contribution < -0.4 is 0 Å². The molecule has 0 spiro atoms. The normalized spacial score (nSPS) is 11.7. The van der Waals surface area contributed by atoms with Crippen molar-refractivity contribution in [3.8, 4) is 12.3 Å². The largest absolute Gasteiger partial charge is 0.391 e. The van der Waals surface area contributed by atoms with Crippen molar-refractivity contribution >= 4 is 37.3 Å². The van der Waals surface area contributed by atoms with Gasteiger partial charge in [0, 0.05) is 11.9 Å². The molecular formula is C9H10BrNO3S2. The van der Waals surface area contributed by atoms with Crippen LogP contribution in [-0.4, -0.2) is 31.4 Å². The molecule has 1 aromatic heterocycles. The molecule has 0 aliphatic rings. The number of thiophene rings is 1. The average Bonchev–Trinajstić information content (AvgIpc) is 2.60. The molecule has 0 aromatic carbocycles. The van der Waals surface area contributed by atoms with Crippen molar-refractivity contribution in [2.45, 2.75) is 11.5 Å². The van der Waals surface area contributed by atoms with E-state index >= 15 is 0 Å². The Morgan fingerprint density at radius 2 is 2.31 bits per heavy atom. The summed E-state index contributed by atoms with van der Waals surface area (Å²) in [6.07, 6.45) is 5.07. The Kier molecular flexibility index (Phi) is 4.52. The van der Waals surface area contributed by atoms with Crippen molar-refractivity contribution in [1.82, 2.24) is 4.31 Å². The SMILES string of the molecule is C#CCN(C)S(=O)(=O)c1cc(CO)sc1Br. The summed E-state index contributed by atoms with van der Waals surface area (Å²) in [7, 11) is -2.16. The van der Waals surface area contributed by atoms with E-state index < -0.39 is 10.0 Å². The summed E-state index contributed by atoms with van der Waals surface area (Å²) < 4.78 is 25.6. The zero-order chi connectivity index (χ0) is 12.3. The summed E-state index contributed by atoms with van der Waals surface area (Å²) in [5.41, 5.74) is 0. The standard InChI is InChI=1S/C9H10BrNO3S2/c1-3-4-11(2)16(13,14)8-5-7(6-12)15-9(8)10/h1,5,12H,4,6H2,2H3. The molecule has 1 N–H and O–H groups in total. The molecule has 0 aliphatic carbocycles. The van der Waals surface area contributed by atoms with E-state index in [1.54, 1.807) is 0 Å². The van der Waals surface area contributed by atoms with Crippen LogP contribution in [0.1, 0.15) is 4.88 Å². The number of rotatable bonds is 4. The smallest absolute Gasteiger partial charge is 0.245 e. The number of terminal acetylenes is 1. The number of aliphatic hydroxyl groups excluding tert-OH is 1. The van der Waals surface area contributed by atoms with Gasteiger partial charge in [0.2, 0.25) is 10.0 Å². The molecule has 0 saturated carbocycles. The first-order chi connectivity index (χ1) is 7.43. The van der Waals surface area contributed by atoms with E-state index in [1.165, 1.54) is 24.5 Å². The van der Waals surface area contributed by atoms with Gasteiger partial charge in [-0.25, -0.2) is 8.42 Å². The molecule has 1 rings (SSSR count). The van der Waals surface area contributed by atoms with Crippen molar-refractivity contribution in [3.63, 3.8) is 0 Å². The Bertz CT molecular complexity index is 515. The summed E-state index contributed by atoms with van der Waals surface area (Å²) in [6.45, 7) is -0.170. The van der Waals surface area contributed by atoms with Crippen LogP contribution in [-0.2, 0) is 16.6 Å². The van der Waals surface area contributed by atoms with Gasteiger partial charge in [0.1, 0.15) is 4.90 Å². The van der Waals surface area contributed by atoms with Crippen LogP contribution in [0.3, 0.4) is 0 Å². The maximum atomic E-state index is 12.0. The van der Waals surface area contributed by atoms with E-state index in [4.69, 9.17) is 11.5 Å². The fraction of sp³-hybridized carbons (Fsp3) is 0.333. The van der Waals surface area contributed by atoms with Crippen LogP contribution in [0.15, 0.2) is 14.7 Å². The molecule has 0 saturated heterocycles. The quantitative estimate of drug-likeness (QED) is 0.848. The van der Waals surface area contributed by atoms with Gasteiger partial charge in [-0.2, -0.15) is 4.31 Å². The van der Waals surface area contributed by atoms with Crippen LogP contribution >= 0.6 is 27.3 Å². The Morgan fingerprint density at radius 3 is 2.75 bits per heavy atom. The lowest BCUT2D eigenvalue weighted by atomic mass is 10.5. The van der Waals surface area contributed by atoms with Crippen LogP contribution in [0.25, 0.3) is 0 Å². The fourth-order valence-electron chi connectivity index (χ4n) is 1.03. The van der Waals surface area contributed by atoms with Crippen molar-refractivity contribution in [2.24, 2.45) is 0 Å². The maximum Gasteiger partial charge on any atom is 0.245 e. The molecular weight excluding hydrogens is 314 g/mol. The third-order valence-corrected chi connectivity index (χ3v) is 5.90. The second kappa shape index (κ2) is 5.29. The van der Waals surface area contributed by atoms with Gasteiger partial charge in [-0.3, -0.25) is 0 Å². The van der Waals surface area contributed by atoms with Gasteiger partial charge < -0.3 is 5.11 Å². The third-order valence-electron chi connectivity index (χ3n) is 1.86. The zero-order valence-electron chi connectivity index (χ0n) is 8.47. The predicted molar refractivity (Wildman–Crippen MR) is 66.6 cm³/mol. The van der Waals surface area contributed by atoms with Crippen molar-refractivity contribution in [3.05, 3.63) is 14.7 Å². The minimum atomic E-state index is -3.58. The molecule has 0 atom stereocenters. The lowest BCUT2D eigenvalue weighted by molar-refractivity contribution is 0.285. The Hall–Kier alpha value is -0.390. The van der Waals surface area contributed by atoms with E-state index in [-0.39, 0.29) is 18.0 Å². The van der Waals surface area contributed by atoms with Crippen LogP contribution in [0, 0.1) is 12.3 Å². The Labute approximate surface area is 107 Å². The van der Waals surface area contributed by atoms with Crippen molar-refractivity contribution < 1.29 is 13.5 Å². The minimum Gasteiger partial charge on any atom is -0.391 e. The second-order valence-corrected chi connectivity index (χ2v) is 7.44. The monoisotopic (exact) mass is 323 g/mol. The molecule has 0 fully saturated rings. The van der Waals surface area contributed by atoms with E-state index in [0.717, 1.165) is 4.31 Å². The fourth-order valence-corrected chi connectivity index (χ4v) is 4.61. The Balaban J connectivity index is 3.17. The second-order valence-electron chi connectivity index (χ2n) is 2.97. The predicted octanol–water partition coefficient (Wildman–Crippen LogP) is 1.26. The van der Waals surface area contributed by atoms with Crippen LogP contribution in [0.4, 0.5) is 0 Å². The summed E-state index contributed by atoms with van der Waals surface area (Å²) in [5.74, 6) is 2.27. The highest BCUT2D eigenvalue weighted by Gasteiger charge is 2.24. The molecule has 0 aliphatic heterocycles. The Morgan fingerprint density at radius 1 is 1.69 bits per heavy atom. The number of nitrogens with zero attached hydrogens (tertiary/aromatic N) is 1. The molecule has 16 heavy (non-hydrogen) atoms. The van der Waals surface area contributed by atoms with Gasteiger partial charge in [-0.05, 0) is 22.0 Å². The van der Waals surface area contributed by atoms with Gasteiger partial charge in [0.05, 0.1) is 16.9 Å². The number of sulfonamides is 1. The zero-order valence-corrected chi connectivity index (χ0v) is 11.7. The number of hydrogen-bond acceptors (Lipinski definition) is 4. The van der Waals surface area contributed by atoms with Gasteiger partial charge in [0.15, 0.2) is 0 Å². The summed E-state index contributed by atoms with van der Waals surface area (Å²) in [5, 5.41) is 8.93. The highest BCUT2D eigenvalue weighted by Crippen LogP contribution is 2.33. The lowest BCUT2D eigenvalue weighted by Gasteiger charge is -2.13. The van der Waals surface area contributed by atoms with Crippen LogP contribution in [0.2, 0.25) is 0 Å². The lowest BCUT2D eigenvalue weighted by Crippen LogP contribution is -2.27. The highest BCUT2D eigenvalue weighted by molar-refractivity contribution is 9.11. The van der Waals surface area contributed by atoms with E-state index in [0.29, 0.717) is 8.66 Å². The third kappa shape index (κ3) is 2.64. The molecule has 88 valence electrons. The molecule has 7 heteroatoms. The summed E-state index contributed by atoms with van der Waals surface area (Å²) >= 11 is 4.35. The minimum absolute atomic E-state index is 0.0130. The number of hydrogen-bond donors (Lipinski definition) is 1. The van der Waals surface area contributed by atoms with Crippen LogP contribution in [0.5, 0.6) is 0 Å². The first kappa shape index (κ1) is 13.7. The topological polar surface area (TPSA) is 57.6 Å². The highest BCUT2D eigenvalue weighted by atomic mass is 79.9. The van der Waals surface area contributed by atoms with E-state index in [9.17, 15) is 8.42 Å². The summed E-state index contributed by atoms with van der Waals surface area (Å²) in [6, 6.07) is 1.44. The molecule has 0 radical (unpaired) electrons. The summed E-state index contributed by atoms with van der Waals surface area (Å²) in [4.78, 5) is 0.721. The molecule has 0 unspecified atom stereocenters. The molecule has 1 heterocycles. The van der Waals surface area contributed by atoms with Crippen molar-refractivity contribution in [1.29, 1.82) is 0 Å². The first-order valence-corrected chi connectivity index (χ1v) is 7.27. The van der Waals surface area contributed by atoms with Gasteiger partial charge in [-0.15, -0.1) is 17.8 Å². The average molecular weight is 324 g/mol. The molecule has 0 amide bonds. The molecule has 4 nitrogen and oxygen atoms in total. The number of halogens is 1. The van der Waals surface area contributed by atoms with E-state index in [2.05, 4.69) is 21.9 Å². The first-order valence-electron chi connectivity index (χ1n) is 4.22. The van der Waals surface area contributed by atoms with Gasteiger partial charge in [0.25, 0.3) is 0 Å². The van der Waals surface area contributed by atoms with Gasteiger partial charge >= 0.3 is 0 Å². The molecule has 1 aromatic rings.